The minimum absolute atomic E-state index is 0.0374. The van der Waals surface area contributed by atoms with Crippen molar-refractivity contribution in [3.8, 4) is 0 Å². The quantitative estimate of drug-likeness (QED) is 0.413. The average molecular weight is 440 g/mol. The van der Waals surface area contributed by atoms with Crippen molar-refractivity contribution in [1.29, 1.82) is 0 Å². The minimum Gasteiger partial charge on any atom is -0.444 e. The Morgan fingerprint density at radius 3 is 2.03 bits per heavy atom. The van der Waals surface area contributed by atoms with Gasteiger partial charge < -0.3 is 19.6 Å². The lowest BCUT2D eigenvalue weighted by molar-refractivity contribution is -0.0152. The van der Waals surface area contributed by atoms with Crippen LogP contribution in [0.15, 0.2) is 29.4 Å². The number of hydrogen-bond donors (Lipinski definition) is 1. The molecule has 0 aliphatic carbocycles. The Morgan fingerprint density at radius 1 is 1.00 bits per heavy atom. The maximum atomic E-state index is 12.8. The summed E-state index contributed by atoms with van der Waals surface area (Å²) in [7, 11) is 0. The molecule has 1 aliphatic rings. The molecule has 9 heteroatoms. The number of rotatable bonds is 2. The van der Waals surface area contributed by atoms with Crippen LogP contribution in [0.4, 0.5) is 9.59 Å². The van der Waals surface area contributed by atoms with Crippen molar-refractivity contribution in [1.82, 2.24) is 9.80 Å². The van der Waals surface area contributed by atoms with E-state index in [1.165, 1.54) is 0 Å². The number of halogens is 1. The summed E-state index contributed by atoms with van der Waals surface area (Å²) in [6.07, 6.45) is -0.876. The molecule has 0 aromatic heterocycles. The van der Waals surface area contributed by atoms with Gasteiger partial charge in [-0.25, -0.2) is 9.59 Å². The Balaban J connectivity index is 2.30. The molecule has 1 fully saturated rings. The van der Waals surface area contributed by atoms with Crippen molar-refractivity contribution >= 4 is 29.0 Å². The molecule has 8 nitrogen and oxygen atoms in total. The van der Waals surface area contributed by atoms with Crippen LogP contribution >= 0.6 is 11.6 Å². The van der Waals surface area contributed by atoms with Crippen LogP contribution in [0.1, 0.15) is 58.7 Å². The molecule has 1 saturated heterocycles. The van der Waals surface area contributed by atoms with Gasteiger partial charge in [0.1, 0.15) is 11.2 Å². The molecule has 2 rings (SSSR count). The summed E-state index contributed by atoms with van der Waals surface area (Å²) in [4.78, 5) is 28.6. The Kier molecular flexibility index (Phi) is 7.23. The number of carbonyl (C=O) groups is 2. The number of hydrogen-bond acceptors (Lipinski definition) is 6. The summed E-state index contributed by atoms with van der Waals surface area (Å²) >= 11 is 5.85. The highest BCUT2D eigenvalue weighted by molar-refractivity contribution is 6.69. The van der Waals surface area contributed by atoms with Crippen molar-refractivity contribution < 1.29 is 24.3 Å². The van der Waals surface area contributed by atoms with Crippen molar-refractivity contribution in [3.63, 3.8) is 0 Å². The fraction of sp³-hybridized carbons (Fsp3) is 0.571. The molecule has 1 unspecified atom stereocenters. The van der Waals surface area contributed by atoms with E-state index in [1.54, 1.807) is 34.1 Å². The average Bonchev–Trinajstić information content (AvgIpc) is 2.64. The Morgan fingerprint density at radius 2 is 1.53 bits per heavy atom. The number of piperazine rings is 1. The second-order valence-corrected chi connectivity index (χ2v) is 9.49. The number of amides is 2. The second-order valence-electron chi connectivity index (χ2n) is 9.13. The fourth-order valence-electron chi connectivity index (χ4n) is 3.00. The second kappa shape index (κ2) is 9.12. The van der Waals surface area contributed by atoms with E-state index in [1.807, 2.05) is 41.5 Å². The minimum atomic E-state index is -0.640. The van der Waals surface area contributed by atoms with E-state index in [0.717, 1.165) is 5.56 Å². The van der Waals surface area contributed by atoms with Crippen molar-refractivity contribution in [2.45, 2.75) is 58.8 Å². The van der Waals surface area contributed by atoms with Gasteiger partial charge in [-0.1, -0.05) is 41.0 Å². The van der Waals surface area contributed by atoms with Crippen LogP contribution < -0.4 is 0 Å². The smallest absolute Gasteiger partial charge is 0.410 e. The van der Waals surface area contributed by atoms with Crippen molar-refractivity contribution in [2.75, 3.05) is 19.6 Å². The number of carbonyl (C=O) groups excluding carboxylic acids is 2. The number of ether oxygens (including phenoxy) is 2. The van der Waals surface area contributed by atoms with Crippen LogP contribution in [0.2, 0.25) is 0 Å². The van der Waals surface area contributed by atoms with Gasteiger partial charge in [0.05, 0.1) is 6.04 Å². The molecule has 1 aromatic rings. The maximum absolute atomic E-state index is 12.8. The molecule has 0 saturated carbocycles. The predicted octanol–water partition coefficient (Wildman–Crippen LogP) is 4.59. The molecule has 1 aliphatic heterocycles. The first-order valence-corrected chi connectivity index (χ1v) is 10.1. The van der Waals surface area contributed by atoms with Crippen LogP contribution in [0.25, 0.3) is 0 Å². The molecule has 166 valence electrons. The van der Waals surface area contributed by atoms with Crippen LogP contribution in [-0.2, 0) is 9.47 Å². The Labute approximate surface area is 182 Å². The van der Waals surface area contributed by atoms with Crippen LogP contribution in [0.5, 0.6) is 0 Å². The highest BCUT2D eigenvalue weighted by Gasteiger charge is 2.37. The zero-order valence-corrected chi connectivity index (χ0v) is 19.1. The van der Waals surface area contributed by atoms with E-state index in [-0.39, 0.29) is 11.7 Å². The summed E-state index contributed by atoms with van der Waals surface area (Å²) in [6.45, 7) is 11.8. The molecule has 2 amide bonds. The normalized spacial score (nSPS) is 18.2. The van der Waals surface area contributed by atoms with Gasteiger partial charge in [0.15, 0.2) is 5.17 Å². The zero-order valence-electron chi connectivity index (χ0n) is 18.3. The van der Waals surface area contributed by atoms with E-state index in [9.17, 15) is 9.59 Å². The Bertz CT molecular complexity index is 796. The summed E-state index contributed by atoms with van der Waals surface area (Å²) < 4.78 is 11.1. The lowest BCUT2D eigenvalue weighted by atomic mass is 10.0. The SMILES string of the molecule is CC(C)(C)OC(=O)N1CCN(C(=O)OC(C)(C)C)C(c2ccc(/C(Cl)=N/O)cc2)C1. The maximum Gasteiger partial charge on any atom is 0.410 e. The monoisotopic (exact) mass is 439 g/mol. The van der Waals surface area contributed by atoms with Crippen molar-refractivity contribution in [3.05, 3.63) is 35.4 Å². The Hall–Kier alpha value is -2.48. The van der Waals surface area contributed by atoms with Crippen LogP contribution in [0.3, 0.4) is 0 Å². The third-order valence-electron chi connectivity index (χ3n) is 4.28. The number of nitrogens with zero attached hydrogens (tertiary/aromatic N) is 3. The van der Waals surface area contributed by atoms with E-state index < -0.39 is 29.4 Å². The first kappa shape index (κ1) is 23.8. The highest BCUT2D eigenvalue weighted by Crippen LogP contribution is 2.29. The van der Waals surface area contributed by atoms with Crippen molar-refractivity contribution in [2.24, 2.45) is 5.16 Å². The van der Waals surface area contributed by atoms with Gasteiger partial charge >= 0.3 is 12.2 Å². The molecular weight excluding hydrogens is 410 g/mol. The van der Waals surface area contributed by atoms with Gasteiger partial charge in [0.2, 0.25) is 0 Å². The molecule has 0 bridgehead atoms. The molecule has 0 spiro atoms. The largest absolute Gasteiger partial charge is 0.444 e. The van der Waals surface area contributed by atoms with E-state index in [0.29, 0.717) is 18.7 Å². The molecular formula is C21H30ClN3O5. The van der Waals surface area contributed by atoms with E-state index >= 15 is 0 Å². The van der Waals surface area contributed by atoms with Gasteiger partial charge in [0, 0.05) is 25.2 Å². The third kappa shape index (κ3) is 6.52. The standard InChI is InChI=1S/C21H30ClN3O5/c1-20(2,3)29-18(26)24-11-12-25(19(27)30-21(4,5)6)16(13-24)14-7-9-15(10-8-14)17(22)23-28/h7-10,16,28H,11-13H2,1-6H3/b23-17-. The zero-order chi connectivity index (χ0) is 22.7. The lowest BCUT2D eigenvalue weighted by Gasteiger charge is -2.42. The topological polar surface area (TPSA) is 91.7 Å². The molecule has 0 radical (unpaired) electrons. The third-order valence-corrected chi connectivity index (χ3v) is 4.58. The summed E-state index contributed by atoms with van der Waals surface area (Å²) in [6, 6.07) is 6.52. The van der Waals surface area contributed by atoms with Gasteiger partial charge in [0.25, 0.3) is 0 Å². The van der Waals surface area contributed by atoms with E-state index in [2.05, 4.69) is 5.16 Å². The molecule has 1 aromatic carbocycles. The first-order valence-electron chi connectivity index (χ1n) is 9.76. The van der Waals surface area contributed by atoms with Gasteiger partial charge in [-0.3, -0.25) is 4.90 Å². The van der Waals surface area contributed by atoms with Gasteiger partial charge in [-0.2, -0.15) is 0 Å². The number of benzene rings is 1. The molecule has 30 heavy (non-hydrogen) atoms. The van der Waals surface area contributed by atoms with Gasteiger partial charge in [-0.05, 0) is 47.1 Å². The summed E-state index contributed by atoms with van der Waals surface area (Å²) in [5.41, 5.74) is 0.0716. The van der Waals surface area contributed by atoms with Crippen LogP contribution in [0, 0.1) is 0 Å². The molecule has 1 N–H and O–H groups in total. The number of oxime groups is 1. The fourth-order valence-corrected chi connectivity index (χ4v) is 3.13. The molecule has 1 heterocycles. The summed E-state index contributed by atoms with van der Waals surface area (Å²) in [5.74, 6) is 0. The highest BCUT2D eigenvalue weighted by atomic mass is 35.5. The first-order chi connectivity index (χ1) is 13.8. The van der Waals surface area contributed by atoms with Gasteiger partial charge in [-0.15, -0.1) is 0 Å². The predicted molar refractivity (Wildman–Crippen MR) is 114 cm³/mol. The van der Waals surface area contributed by atoms with Crippen LogP contribution in [-0.4, -0.2) is 63.2 Å². The lowest BCUT2D eigenvalue weighted by Crippen LogP contribution is -2.54. The summed E-state index contributed by atoms with van der Waals surface area (Å²) in [5, 5.41) is 11.8. The van der Waals surface area contributed by atoms with E-state index in [4.69, 9.17) is 26.3 Å². The molecule has 1 atom stereocenters.